The number of aliphatic carboxylic acids is 2. The van der Waals surface area contributed by atoms with Crippen molar-refractivity contribution in [2.75, 3.05) is 21.2 Å². The number of benzene rings is 1. The first-order chi connectivity index (χ1) is 12.0. The molecule has 0 fully saturated rings. The molecule has 0 aliphatic rings. The van der Waals surface area contributed by atoms with Gasteiger partial charge < -0.3 is 25.6 Å². The molecule has 0 aliphatic heterocycles. The van der Waals surface area contributed by atoms with Crippen LogP contribution in [0.4, 0.5) is 4.39 Å². The smallest absolute Gasteiger partial charge is 0.320 e. The molecule has 0 heterocycles. The molecule has 4 N–H and O–H groups in total. The van der Waals surface area contributed by atoms with Gasteiger partial charge in [0, 0.05) is 14.1 Å². The Bertz CT molecular complexity index is 725. The number of rotatable bonds is 8. The normalized spacial score (nSPS) is 13.0. The highest BCUT2D eigenvalue weighted by molar-refractivity contribution is 6.37. The van der Waals surface area contributed by atoms with Gasteiger partial charge in [0.25, 0.3) is 5.91 Å². The third kappa shape index (κ3) is 4.94. The second-order valence-electron chi connectivity index (χ2n) is 5.97. The summed E-state index contributed by atoms with van der Waals surface area (Å²) >= 11 is 2.25. The van der Waals surface area contributed by atoms with Crippen molar-refractivity contribution < 1.29 is 33.7 Å². The van der Waals surface area contributed by atoms with Crippen molar-refractivity contribution in [3.05, 3.63) is 23.0 Å². The van der Waals surface area contributed by atoms with Gasteiger partial charge in [0.05, 0.1) is 19.1 Å². The predicted molar refractivity (Wildman–Crippen MR) is 91.4 cm³/mol. The van der Waals surface area contributed by atoms with E-state index in [0.29, 0.717) is 5.56 Å². The Morgan fingerprint density at radius 1 is 1.35 bits per heavy atom. The minimum atomic E-state index is -1.43. The van der Waals surface area contributed by atoms with E-state index in [2.05, 4.69) is 16.3 Å². The van der Waals surface area contributed by atoms with Crippen molar-refractivity contribution in [3.8, 4) is 5.75 Å². The maximum Gasteiger partial charge on any atom is 0.320 e. The number of carbonyl (C=O) groups is 3. The Kier molecular flexibility index (Phi) is 7.57. The van der Waals surface area contributed by atoms with Gasteiger partial charge in [-0.05, 0) is 18.4 Å². The molecule has 2 atom stereocenters. The molecule has 0 aliphatic carbocycles. The van der Waals surface area contributed by atoms with Crippen molar-refractivity contribution in [2.45, 2.75) is 18.9 Å². The lowest BCUT2D eigenvalue weighted by Crippen LogP contribution is -2.41. The highest BCUT2D eigenvalue weighted by Crippen LogP contribution is 2.25. The minimum Gasteiger partial charge on any atom is -0.494 e. The summed E-state index contributed by atoms with van der Waals surface area (Å²) in [6, 6.07) is -0.118. The molecule has 10 heteroatoms. The maximum absolute atomic E-state index is 14.6. The Morgan fingerprint density at radius 2 is 1.92 bits per heavy atom. The topological polar surface area (TPSA) is 130 Å². The van der Waals surface area contributed by atoms with Crippen LogP contribution in [0, 0.1) is 11.7 Å². The van der Waals surface area contributed by atoms with Crippen LogP contribution in [0.5, 0.6) is 5.75 Å². The van der Waals surface area contributed by atoms with Crippen LogP contribution in [0.3, 0.4) is 0 Å². The number of hydrogen-bond acceptors (Lipinski definition) is 5. The Hall–Kier alpha value is -2.15. The first kappa shape index (κ1) is 21.9. The number of carboxylic acid groups (broad SMARTS) is 2. The molecule has 0 saturated carbocycles. The fourth-order valence-electron chi connectivity index (χ4n) is 2.49. The summed E-state index contributed by atoms with van der Waals surface area (Å²) in [7, 11) is 4.14. The number of methoxy groups -OCH3 is 1. The second kappa shape index (κ2) is 8.98. The van der Waals surface area contributed by atoms with Gasteiger partial charge in [0.1, 0.15) is 6.04 Å². The van der Waals surface area contributed by atoms with Crippen molar-refractivity contribution in [3.63, 3.8) is 0 Å². The first-order valence-corrected chi connectivity index (χ1v) is 8.15. The number of hydrogen-bond donors (Lipinski definition) is 3. The molecular weight excluding hydrogens is 362 g/mol. The summed E-state index contributed by atoms with van der Waals surface area (Å²) in [5.74, 6) is -5.17. The first-order valence-electron chi connectivity index (χ1n) is 7.57. The van der Waals surface area contributed by atoms with Gasteiger partial charge in [-0.15, -0.1) is 4.43 Å². The van der Waals surface area contributed by atoms with Gasteiger partial charge in [-0.1, -0.05) is 5.56 Å². The number of amides is 1. The Labute approximate surface area is 158 Å². The lowest BCUT2D eigenvalue weighted by Gasteiger charge is -2.23. The maximum atomic E-state index is 14.6. The standard InChI is InChI=1S/C16H20FN2O6.Al/c1-19(2)15(22)10-5-8(6-11(25-3)13(10)17)4-9(7-12(20)21)14(18)16(23)24;/h6,9,14H,4,7,18H2,1-3H3,(H,20,21)(H,23,24);. The van der Waals surface area contributed by atoms with Gasteiger partial charge in [-0.25, -0.2) is 4.39 Å². The largest absolute Gasteiger partial charge is 0.494 e. The molecule has 8 nitrogen and oxygen atoms in total. The average molecular weight is 382 g/mol. The number of carbonyl (C=O) groups excluding carboxylic acids is 1. The van der Waals surface area contributed by atoms with Gasteiger partial charge in [-0.2, -0.15) is 0 Å². The minimum absolute atomic E-state index is 0.0804. The van der Waals surface area contributed by atoms with E-state index in [-0.39, 0.29) is 22.2 Å². The zero-order valence-electron chi connectivity index (χ0n) is 14.7. The fraction of sp³-hybridized carbons (Fsp3) is 0.438. The van der Waals surface area contributed by atoms with Gasteiger partial charge in [0.2, 0.25) is 0 Å². The Morgan fingerprint density at radius 3 is 2.35 bits per heavy atom. The quantitative estimate of drug-likeness (QED) is 0.511. The zero-order valence-corrected chi connectivity index (χ0v) is 15.8. The van der Waals surface area contributed by atoms with Gasteiger partial charge >= 0.3 is 11.9 Å². The van der Waals surface area contributed by atoms with Crippen LogP contribution >= 0.6 is 0 Å². The lowest BCUT2D eigenvalue weighted by atomic mass is 9.88. The van der Waals surface area contributed by atoms with E-state index in [9.17, 15) is 18.8 Å². The zero-order chi connectivity index (χ0) is 20.2. The van der Waals surface area contributed by atoms with Crippen LogP contribution in [0.1, 0.15) is 22.3 Å². The third-order valence-electron chi connectivity index (χ3n) is 3.91. The summed E-state index contributed by atoms with van der Waals surface area (Å²) in [5, 5.41) is 18.1. The molecular formula is C16H20AlFN2O6. The molecule has 1 aromatic rings. The van der Waals surface area contributed by atoms with E-state index in [0.717, 1.165) is 0 Å². The SMILES string of the molecule is COc1cc(CC(CC(=O)O)C(N)C(=O)O)[c]([Al])c(C(=O)N(C)C)c1F. The molecule has 1 rings (SSSR count). The van der Waals surface area contributed by atoms with E-state index >= 15 is 0 Å². The van der Waals surface area contributed by atoms with Crippen LogP contribution in [0.25, 0.3) is 0 Å². The molecule has 2 radical (unpaired) electrons. The van der Waals surface area contributed by atoms with E-state index in [1.54, 1.807) is 0 Å². The third-order valence-corrected chi connectivity index (χ3v) is 4.57. The number of nitrogens with two attached hydrogens (primary N) is 1. The summed E-state index contributed by atoms with van der Waals surface area (Å²) in [4.78, 5) is 35.7. The molecule has 0 bridgehead atoms. The van der Waals surface area contributed by atoms with Crippen LogP contribution in [0.2, 0.25) is 0 Å². The van der Waals surface area contributed by atoms with E-state index in [1.165, 1.54) is 32.2 Å². The molecule has 1 amide bonds. The molecule has 140 valence electrons. The van der Waals surface area contributed by atoms with Crippen LogP contribution < -0.4 is 14.9 Å². The number of carboxylic acids is 2. The van der Waals surface area contributed by atoms with Crippen LogP contribution in [0.15, 0.2) is 6.07 Å². The summed E-state index contributed by atoms with van der Waals surface area (Å²) in [6.07, 6.45) is -0.572. The highest BCUT2D eigenvalue weighted by Gasteiger charge is 2.29. The van der Waals surface area contributed by atoms with Crippen LogP contribution in [-0.4, -0.2) is 76.5 Å². The predicted octanol–water partition coefficient (Wildman–Crippen LogP) is -0.625. The van der Waals surface area contributed by atoms with Gasteiger partial charge in [-0.3, -0.25) is 14.4 Å². The van der Waals surface area contributed by atoms with Crippen molar-refractivity contribution in [1.29, 1.82) is 0 Å². The van der Waals surface area contributed by atoms with E-state index < -0.39 is 42.0 Å². The van der Waals surface area contributed by atoms with Crippen molar-refractivity contribution in [2.24, 2.45) is 11.7 Å². The van der Waals surface area contributed by atoms with Crippen LogP contribution in [-0.2, 0) is 16.0 Å². The second-order valence-corrected chi connectivity index (χ2v) is 6.54. The molecule has 0 spiro atoms. The summed E-state index contributed by atoms with van der Waals surface area (Å²) in [6.45, 7) is 0. The fourth-order valence-corrected chi connectivity index (χ4v) is 2.94. The number of nitrogens with zero attached hydrogens (tertiary/aromatic N) is 1. The molecule has 26 heavy (non-hydrogen) atoms. The molecule has 2 unspecified atom stereocenters. The molecule has 0 aromatic heterocycles. The van der Waals surface area contributed by atoms with Crippen molar-refractivity contribution >= 4 is 38.6 Å². The van der Waals surface area contributed by atoms with Gasteiger partial charge in [0.15, 0.2) is 27.9 Å². The average Bonchev–Trinajstić information content (AvgIpc) is 2.55. The Balaban J connectivity index is 3.46. The monoisotopic (exact) mass is 382 g/mol. The van der Waals surface area contributed by atoms with E-state index in [1.807, 2.05) is 0 Å². The molecule has 0 saturated heterocycles. The molecule has 1 aromatic carbocycles. The number of halogens is 1. The number of ether oxygens (including phenoxy) is 1. The highest BCUT2D eigenvalue weighted by atomic mass is 27.0. The lowest BCUT2D eigenvalue weighted by molar-refractivity contribution is -0.142. The summed E-state index contributed by atoms with van der Waals surface area (Å²) < 4.78 is 19.7. The summed E-state index contributed by atoms with van der Waals surface area (Å²) in [5.41, 5.74) is 5.72. The van der Waals surface area contributed by atoms with Crippen molar-refractivity contribution in [1.82, 2.24) is 4.90 Å². The van der Waals surface area contributed by atoms with E-state index in [4.69, 9.17) is 20.7 Å².